The standard InChI is InChI=1S/C22H25BFNO3/c1-15(16-7-9-17(23)10-8-16)25-12-11-22(28-20(25)26,13-21(2)14-27-21)18-5-3-4-6-19(18)24/h3-10,15H,11-14,23H2,1-2H3/t15-,21?,22-/m0/s1. The van der Waals surface area contributed by atoms with Crippen LogP contribution in [-0.2, 0) is 15.1 Å². The number of benzene rings is 2. The fourth-order valence-corrected chi connectivity index (χ4v) is 4.12. The Morgan fingerprint density at radius 2 is 1.89 bits per heavy atom. The summed E-state index contributed by atoms with van der Waals surface area (Å²) in [6.07, 6.45) is 0.570. The van der Waals surface area contributed by atoms with Gasteiger partial charge in [0.25, 0.3) is 0 Å². The van der Waals surface area contributed by atoms with E-state index in [0.717, 1.165) is 5.56 Å². The summed E-state index contributed by atoms with van der Waals surface area (Å²) in [6.45, 7) is 5.07. The number of halogens is 1. The fraction of sp³-hybridized carbons (Fsp3) is 0.409. The first-order valence-corrected chi connectivity index (χ1v) is 9.77. The SMILES string of the molecule is Bc1ccc([C@H](C)N2CC[C@](CC3(C)CO3)(c3ccccc3F)OC2=O)cc1. The Kier molecular flexibility index (Phi) is 4.70. The first-order chi connectivity index (χ1) is 13.3. The Labute approximate surface area is 166 Å². The van der Waals surface area contributed by atoms with Crippen LogP contribution in [0.1, 0.15) is 43.9 Å². The lowest BCUT2D eigenvalue weighted by atomic mass is 9.81. The average molecular weight is 381 g/mol. The highest BCUT2D eigenvalue weighted by Crippen LogP contribution is 2.47. The van der Waals surface area contributed by atoms with Crippen LogP contribution in [0.5, 0.6) is 0 Å². The van der Waals surface area contributed by atoms with Crippen molar-refractivity contribution in [1.82, 2.24) is 4.90 Å². The molecule has 2 saturated heterocycles. The normalized spacial score (nSPS) is 28.0. The van der Waals surface area contributed by atoms with Crippen LogP contribution >= 0.6 is 0 Å². The molecule has 4 nitrogen and oxygen atoms in total. The number of rotatable bonds is 5. The van der Waals surface area contributed by atoms with E-state index in [4.69, 9.17) is 9.47 Å². The predicted octanol–water partition coefficient (Wildman–Crippen LogP) is 3.06. The van der Waals surface area contributed by atoms with Gasteiger partial charge in [0.2, 0.25) is 0 Å². The topological polar surface area (TPSA) is 42.1 Å². The van der Waals surface area contributed by atoms with Gasteiger partial charge in [-0.2, -0.15) is 0 Å². The van der Waals surface area contributed by atoms with Gasteiger partial charge in [-0.25, -0.2) is 9.18 Å². The smallest absolute Gasteiger partial charge is 0.411 e. The van der Waals surface area contributed by atoms with E-state index in [1.165, 1.54) is 11.5 Å². The Morgan fingerprint density at radius 3 is 2.50 bits per heavy atom. The van der Waals surface area contributed by atoms with Crippen molar-refractivity contribution in [1.29, 1.82) is 0 Å². The second kappa shape index (κ2) is 6.92. The summed E-state index contributed by atoms with van der Waals surface area (Å²) in [6, 6.07) is 14.6. The van der Waals surface area contributed by atoms with Gasteiger partial charge in [-0.05, 0) is 25.5 Å². The van der Waals surface area contributed by atoms with Gasteiger partial charge in [0.1, 0.15) is 19.3 Å². The number of ether oxygens (including phenoxy) is 2. The highest BCUT2D eigenvalue weighted by Gasteiger charge is 2.53. The molecule has 28 heavy (non-hydrogen) atoms. The molecule has 2 aliphatic heterocycles. The van der Waals surface area contributed by atoms with Gasteiger partial charge < -0.3 is 14.4 Å². The number of nitrogens with zero attached hydrogens (tertiary/aromatic N) is 1. The van der Waals surface area contributed by atoms with E-state index in [0.29, 0.717) is 31.6 Å². The molecule has 0 spiro atoms. The number of epoxide rings is 1. The largest absolute Gasteiger partial charge is 0.438 e. The third kappa shape index (κ3) is 3.53. The number of hydrogen-bond donors (Lipinski definition) is 0. The quantitative estimate of drug-likeness (QED) is 0.591. The molecule has 0 saturated carbocycles. The molecule has 2 aromatic carbocycles. The van der Waals surface area contributed by atoms with Gasteiger partial charge in [0.15, 0.2) is 0 Å². The average Bonchev–Trinajstić information content (AvgIpc) is 3.38. The Hall–Kier alpha value is -2.34. The lowest BCUT2D eigenvalue weighted by molar-refractivity contribution is -0.0767. The van der Waals surface area contributed by atoms with Gasteiger partial charge in [-0.1, -0.05) is 47.9 Å². The van der Waals surface area contributed by atoms with E-state index in [-0.39, 0.29) is 17.5 Å². The van der Waals surface area contributed by atoms with Crippen molar-refractivity contribution in [2.45, 2.75) is 43.9 Å². The lowest BCUT2D eigenvalue weighted by Gasteiger charge is -2.44. The van der Waals surface area contributed by atoms with Crippen LogP contribution in [-0.4, -0.2) is 37.6 Å². The summed E-state index contributed by atoms with van der Waals surface area (Å²) in [4.78, 5) is 14.7. The van der Waals surface area contributed by atoms with E-state index in [1.54, 1.807) is 23.1 Å². The molecule has 0 bridgehead atoms. The van der Waals surface area contributed by atoms with E-state index in [1.807, 2.05) is 46.0 Å². The van der Waals surface area contributed by atoms with Crippen molar-refractivity contribution in [3.8, 4) is 0 Å². The summed E-state index contributed by atoms with van der Waals surface area (Å²) in [5.41, 5.74) is 1.29. The van der Waals surface area contributed by atoms with Gasteiger partial charge >= 0.3 is 6.09 Å². The molecule has 2 fully saturated rings. The van der Waals surface area contributed by atoms with E-state index >= 15 is 0 Å². The molecule has 3 atom stereocenters. The lowest BCUT2D eigenvalue weighted by Crippen LogP contribution is -2.50. The maximum absolute atomic E-state index is 14.7. The van der Waals surface area contributed by atoms with Crippen LogP contribution in [0.2, 0.25) is 0 Å². The highest BCUT2D eigenvalue weighted by molar-refractivity contribution is 6.32. The molecule has 2 heterocycles. The summed E-state index contributed by atoms with van der Waals surface area (Å²) in [7, 11) is 2.03. The number of hydrogen-bond acceptors (Lipinski definition) is 3. The van der Waals surface area contributed by atoms with Gasteiger partial charge in [0.05, 0.1) is 18.2 Å². The highest BCUT2D eigenvalue weighted by atomic mass is 19.1. The zero-order valence-electron chi connectivity index (χ0n) is 16.6. The predicted molar refractivity (Wildman–Crippen MR) is 108 cm³/mol. The van der Waals surface area contributed by atoms with Crippen LogP contribution < -0.4 is 5.46 Å². The molecule has 4 rings (SSSR count). The first-order valence-electron chi connectivity index (χ1n) is 9.77. The van der Waals surface area contributed by atoms with Crippen LogP contribution in [0.25, 0.3) is 0 Å². The van der Waals surface area contributed by atoms with E-state index < -0.39 is 11.7 Å². The van der Waals surface area contributed by atoms with Gasteiger partial charge in [-0.15, -0.1) is 0 Å². The maximum Gasteiger partial charge on any atom is 0.411 e. The number of cyclic esters (lactones) is 1. The third-order valence-corrected chi connectivity index (χ3v) is 5.96. The van der Waals surface area contributed by atoms with Gasteiger partial charge in [0, 0.05) is 24.9 Å². The molecule has 0 N–H and O–H groups in total. The summed E-state index contributed by atoms with van der Waals surface area (Å²) < 4.78 is 26.2. The van der Waals surface area contributed by atoms with Crippen LogP contribution in [0.3, 0.4) is 0 Å². The molecule has 6 heteroatoms. The number of carbonyl (C=O) groups is 1. The van der Waals surface area contributed by atoms with Crippen molar-refractivity contribution in [2.24, 2.45) is 0 Å². The number of amides is 1. The van der Waals surface area contributed by atoms with E-state index in [9.17, 15) is 9.18 Å². The van der Waals surface area contributed by atoms with Crippen molar-refractivity contribution < 1.29 is 18.7 Å². The molecule has 2 aromatic rings. The summed E-state index contributed by atoms with van der Waals surface area (Å²) in [5.74, 6) is -0.348. The molecule has 0 radical (unpaired) electrons. The minimum atomic E-state index is -1.00. The molecular formula is C22H25BFNO3. The van der Waals surface area contributed by atoms with Crippen molar-refractivity contribution in [3.63, 3.8) is 0 Å². The third-order valence-electron chi connectivity index (χ3n) is 5.96. The van der Waals surface area contributed by atoms with Gasteiger partial charge in [-0.3, -0.25) is 0 Å². The monoisotopic (exact) mass is 381 g/mol. The Bertz CT molecular complexity index is 884. The summed E-state index contributed by atoms with van der Waals surface area (Å²) >= 11 is 0. The fourth-order valence-electron chi connectivity index (χ4n) is 4.12. The molecular weight excluding hydrogens is 356 g/mol. The van der Waals surface area contributed by atoms with Crippen LogP contribution in [0.4, 0.5) is 9.18 Å². The zero-order valence-corrected chi connectivity index (χ0v) is 16.6. The van der Waals surface area contributed by atoms with Crippen molar-refractivity contribution >= 4 is 19.4 Å². The maximum atomic E-state index is 14.7. The zero-order chi connectivity index (χ0) is 19.9. The Morgan fingerprint density at radius 1 is 1.21 bits per heavy atom. The van der Waals surface area contributed by atoms with E-state index in [2.05, 4.69) is 0 Å². The minimum Gasteiger partial charge on any atom is -0.438 e. The number of carbonyl (C=O) groups excluding carboxylic acids is 1. The molecule has 2 aliphatic rings. The minimum absolute atomic E-state index is 0.112. The molecule has 0 aromatic heterocycles. The van der Waals surface area contributed by atoms with Crippen LogP contribution in [0.15, 0.2) is 48.5 Å². The second-order valence-corrected chi connectivity index (χ2v) is 8.29. The molecule has 1 unspecified atom stereocenters. The Balaban J connectivity index is 1.61. The first kappa shape index (κ1) is 19.0. The molecule has 146 valence electrons. The van der Waals surface area contributed by atoms with Crippen molar-refractivity contribution in [3.05, 3.63) is 65.5 Å². The van der Waals surface area contributed by atoms with Crippen LogP contribution in [0, 0.1) is 5.82 Å². The summed E-state index contributed by atoms with van der Waals surface area (Å²) in [5, 5.41) is 0. The molecule has 1 amide bonds. The molecule has 0 aliphatic carbocycles. The van der Waals surface area contributed by atoms with Crippen molar-refractivity contribution in [2.75, 3.05) is 13.2 Å². The second-order valence-electron chi connectivity index (χ2n) is 8.29.